The zero-order chi connectivity index (χ0) is 37.0. The second-order valence-electron chi connectivity index (χ2n) is 14.1. The lowest BCUT2D eigenvalue weighted by Gasteiger charge is -2.33. The molecule has 0 atom stereocenters. The highest BCUT2D eigenvalue weighted by Crippen LogP contribution is 2.47. The predicted octanol–water partition coefficient (Wildman–Crippen LogP) is 8.66. The number of fused-ring (bicyclic) bond motifs is 2. The average Bonchev–Trinajstić information content (AvgIpc) is 3.24. The Bertz CT molecular complexity index is 1960. The summed E-state index contributed by atoms with van der Waals surface area (Å²) in [6, 6.07) is 45.1. The Balaban J connectivity index is 1.45. The molecule has 0 saturated heterocycles. The lowest BCUT2D eigenvalue weighted by Crippen LogP contribution is -2.29. The minimum absolute atomic E-state index is 0.873. The number of benzene rings is 6. The van der Waals surface area contributed by atoms with Crippen LogP contribution in [0.3, 0.4) is 0 Å². The fourth-order valence-electron chi connectivity index (χ4n) is 8.34. The zero-order valence-electron chi connectivity index (χ0n) is 31.7. The molecule has 0 heterocycles. The maximum absolute atomic E-state index is 5.65. The van der Waals surface area contributed by atoms with Crippen LogP contribution in [0.5, 0.6) is 23.0 Å². The van der Waals surface area contributed by atoms with Crippen molar-refractivity contribution in [2.24, 2.45) is 0 Å². The van der Waals surface area contributed by atoms with Crippen molar-refractivity contribution in [3.05, 3.63) is 144 Å². The van der Waals surface area contributed by atoms with Crippen LogP contribution < -0.4 is 50.8 Å². The van der Waals surface area contributed by atoms with Gasteiger partial charge in [-0.05, 0) is 181 Å². The van der Waals surface area contributed by atoms with Crippen molar-refractivity contribution in [2.75, 3.05) is 28.4 Å². The van der Waals surface area contributed by atoms with E-state index in [-0.39, 0.29) is 0 Å². The molecule has 4 nitrogen and oxygen atoms in total. The third-order valence-corrected chi connectivity index (χ3v) is 16.0. The SMILES string of the molecule is COc1ccc(P(c2ccc(OC)cc2)c2ccc3c(c2-c2c(P(c4ccc(OC)cc4)c4ccc(OC)cc4)ccc4c2CCCC4)CCCC3)cc1. The first-order valence-electron chi connectivity index (χ1n) is 19.1. The number of methoxy groups -OCH3 is 4. The second kappa shape index (κ2) is 16.4. The quantitative estimate of drug-likeness (QED) is 0.124. The van der Waals surface area contributed by atoms with Crippen molar-refractivity contribution < 1.29 is 18.9 Å². The molecule has 8 rings (SSSR count). The van der Waals surface area contributed by atoms with Crippen LogP contribution in [0.25, 0.3) is 11.1 Å². The number of ether oxygens (including phenoxy) is 4. The van der Waals surface area contributed by atoms with Crippen molar-refractivity contribution in [1.29, 1.82) is 0 Å². The molecular formula is C48H48O4P2. The van der Waals surface area contributed by atoms with Crippen LogP contribution in [0.15, 0.2) is 121 Å². The molecule has 0 aromatic heterocycles. The summed E-state index contributed by atoms with van der Waals surface area (Å²) >= 11 is 0. The molecule has 2 aliphatic rings. The van der Waals surface area contributed by atoms with E-state index >= 15 is 0 Å². The number of hydrogen-bond donors (Lipinski definition) is 0. The second-order valence-corrected chi connectivity index (χ2v) is 18.4. The van der Waals surface area contributed by atoms with Gasteiger partial charge in [0, 0.05) is 0 Å². The average molecular weight is 751 g/mol. The molecule has 0 amide bonds. The van der Waals surface area contributed by atoms with Crippen molar-refractivity contribution in [3.8, 4) is 34.1 Å². The predicted molar refractivity (Wildman–Crippen MR) is 229 cm³/mol. The highest BCUT2D eigenvalue weighted by Gasteiger charge is 2.32. The van der Waals surface area contributed by atoms with E-state index in [0.29, 0.717) is 0 Å². The highest BCUT2D eigenvalue weighted by atomic mass is 31.1. The molecular weight excluding hydrogens is 702 g/mol. The Morgan fingerprint density at radius 2 is 0.611 bits per heavy atom. The van der Waals surface area contributed by atoms with Gasteiger partial charge >= 0.3 is 0 Å². The molecule has 6 aromatic rings. The summed E-state index contributed by atoms with van der Waals surface area (Å²) in [5.74, 6) is 3.49. The first-order valence-corrected chi connectivity index (χ1v) is 21.7. The van der Waals surface area contributed by atoms with E-state index in [1.807, 2.05) is 0 Å². The normalized spacial score (nSPS) is 13.7. The molecule has 54 heavy (non-hydrogen) atoms. The largest absolute Gasteiger partial charge is 0.497 e. The standard InChI is InChI=1S/C48H48O4P2/c1-49-35-15-23-39(24-16-35)53(40-25-17-36(50-2)18-26-40)45-31-13-33-9-5-7-11-43(33)47(45)48-44-12-8-6-10-34(44)14-32-46(48)54(41-27-19-37(51-3)20-28-41)42-29-21-38(52-4)22-30-42/h13-32H,5-12H2,1-4H3. The van der Waals surface area contributed by atoms with Gasteiger partial charge in [0.2, 0.25) is 0 Å². The van der Waals surface area contributed by atoms with Crippen LogP contribution in [0.2, 0.25) is 0 Å². The van der Waals surface area contributed by atoms with Crippen molar-refractivity contribution in [2.45, 2.75) is 51.4 Å². The summed E-state index contributed by atoms with van der Waals surface area (Å²) in [5, 5.41) is 8.11. The van der Waals surface area contributed by atoms with E-state index in [0.717, 1.165) is 48.7 Å². The van der Waals surface area contributed by atoms with Crippen LogP contribution in [-0.4, -0.2) is 28.4 Å². The fraction of sp³-hybridized carbons (Fsp3) is 0.250. The van der Waals surface area contributed by atoms with Gasteiger partial charge in [0.25, 0.3) is 0 Å². The Morgan fingerprint density at radius 1 is 0.333 bits per heavy atom. The molecule has 0 spiro atoms. The third kappa shape index (κ3) is 7.15. The first-order chi connectivity index (χ1) is 26.6. The topological polar surface area (TPSA) is 36.9 Å². The summed E-state index contributed by atoms with van der Waals surface area (Å²) in [4.78, 5) is 0. The monoisotopic (exact) mass is 750 g/mol. The Kier molecular flexibility index (Phi) is 11.0. The maximum Gasteiger partial charge on any atom is 0.118 e. The van der Waals surface area contributed by atoms with Crippen LogP contribution in [0, 0.1) is 0 Å². The van der Waals surface area contributed by atoms with Crippen molar-refractivity contribution >= 4 is 47.7 Å². The van der Waals surface area contributed by atoms with Gasteiger partial charge in [0.1, 0.15) is 23.0 Å². The van der Waals surface area contributed by atoms with E-state index in [1.54, 1.807) is 39.6 Å². The molecule has 274 valence electrons. The van der Waals surface area contributed by atoms with E-state index < -0.39 is 15.8 Å². The fourth-order valence-corrected chi connectivity index (χ4v) is 13.2. The number of hydrogen-bond acceptors (Lipinski definition) is 4. The first kappa shape index (κ1) is 36.4. The Labute approximate surface area is 323 Å². The van der Waals surface area contributed by atoms with Crippen LogP contribution in [-0.2, 0) is 25.7 Å². The molecule has 0 radical (unpaired) electrons. The van der Waals surface area contributed by atoms with E-state index in [4.69, 9.17) is 18.9 Å². The summed E-state index contributed by atoms with van der Waals surface area (Å²) in [7, 11) is 5.08. The minimum Gasteiger partial charge on any atom is -0.497 e. The van der Waals surface area contributed by atoms with Crippen molar-refractivity contribution in [1.82, 2.24) is 0 Å². The summed E-state index contributed by atoms with van der Waals surface area (Å²) in [6.45, 7) is 0. The summed E-state index contributed by atoms with van der Waals surface area (Å²) in [5.41, 5.74) is 9.08. The van der Waals surface area contributed by atoms with Gasteiger partial charge in [-0.3, -0.25) is 0 Å². The zero-order valence-corrected chi connectivity index (χ0v) is 33.5. The summed E-state index contributed by atoms with van der Waals surface area (Å²) in [6.07, 6.45) is 9.34. The van der Waals surface area contributed by atoms with E-state index in [9.17, 15) is 0 Å². The third-order valence-electron chi connectivity index (χ3n) is 11.1. The maximum atomic E-state index is 5.65. The molecule has 0 saturated carbocycles. The van der Waals surface area contributed by atoms with E-state index in [1.165, 1.54) is 79.8 Å². The van der Waals surface area contributed by atoms with Gasteiger partial charge in [0.15, 0.2) is 0 Å². The molecule has 0 fully saturated rings. The van der Waals surface area contributed by atoms with Crippen molar-refractivity contribution in [3.63, 3.8) is 0 Å². The van der Waals surface area contributed by atoms with Crippen LogP contribution in [0.4, 0.5) is 0 Å². The van der Waals surface area contributed by atoms with Gasteiger partial charge in [-0.1, -0.05) is 72.8 Å². The minimum atomic E-state index is -0.944. The summed E-state index contributed by atoms with van der Waals surface area (Å²) < 4.78 is 22.6. The van der Waals surface area contributed by atoms with Gasteiger partial charge in [-0.15, -0.1) is 0 Å². The van der Waals surface area contributed by atoms with Gasteiger partial charge in [0.05, 0.1) is 28.4 Å². The number of aryl methyl sites for hydroxylation is 2. The van der Waals surface area contributed by atoms with E-state index in [2.05, 4.69) is 121 Å². The molecule has 0 N–H and O–H groups in total. The molecule has 6 heteroatoms. The highest BCUT2D eigenvalue weighted by molar-refractivity contribution is 7.80. The lowest BCUT2D eigenvalue weighted by atomic mass is 9.81. The molecule has 2 aliphatic carbocycles. The molecule has 0 bridgehead atoms. The van der Waals surface area contributed by atoms with Gasteiger partial charge in [-0.2, -0.15) is 0 Å². The van der Waals surface area contributed by atoms with Gasteiger partial charge < -0.3 is 18.9 Å². The van der Waals surface area contributed by atoms with Crippen LogP contribution >= 0.6 is 15.8 Å². The lowest BCUT2D eigenvalue weighted by molar-refractivity contribution is 0.415. The molecule has 6 aromatic carbocycles. The van der Waals surface area contributed by atoms with Crippen LogP contribution in [0.1, 0.15) is 47.9 Å². The smallest absolute Gasteiger partial charge is 0.118 e. The Morgan fingerprint density at radius 3 is 0.889 bits per heavy atom. The van der Waals surface area contributed by atoms with Gasteiger partial charge in [-0.25, -0.2) is 0 Å². The molecule has 0 aliphatic heterocycles. The number of rotatable bonds is 11. The molecule has 0 unspecified atom stereocenters. The Hall–Kier alpha value is -4.62.